The molecule has 6 nitrogen and oxygen atoms in total. The minimum Gasteiger partial charge on any atom is -0.460 e. The third-order valence-electron chi connectivity index (χ3n) is 3.50. The molecule has 1 heterocycles. The molecule has 25 heavy (non-hydrogen) atoms. The first-order valence-electron chi connectivity index (χ1n) is 7.28. The monoisotopic (exact) mass is 379 g/mol. The first-order chi connectivity index (χ1) is 11.9. The van der Waals surface area contributed by atoms with E-state index in [2.05, 4.69) is 0 Å². The van der Waals surface area contributed by atoms with Crippen molar-refractivity contribution in [1.82, 2.24) is 0 Å². The van der Waals surface area contributed by atoms with Crippen molar-refractivity contribution in [3.8, 4) is 0 Å². The van der Waals surface area contributed by atoms with Gasteiger partial charge in [-0.3, -0.25) is 4.79 Å². The Kier molecular flexibility index (Phi) is 4.69. The molecule has 0 aliphatic carbocycles. The highest BCUT2D eigenvalue weighted by molar-refractivity contribution is 7.86. The lowest BCUT2D eigenvalue weighted by molar-refractivity contribution is -0.123. The van der Waals surface area contributed by atoms with Gasteiger partial charge in [-0.05, 0) is 17.7 Å². The van der Waals surface area contributed by atoms with Gasteiger partial charge in [-0.25, -0.2) is 0 Å². The van der Waals surface area contributed by atoms with E-state index in [1.165, 1.54) is 0 Å². The molecule has 2 aromatic carbocycles. The van der Waals surface area contributed by atoms with Gasteiger partial charge in [-0.2, -0.15) is 8.42 Å². The second-order valence-electron chi connectivity index (χ2n) is 5.38. The van der Waals surface area contributed by atoms with Crippen LogP contribution in [0.15, 0.2) is 66.2 Å². The standard InChI is InChI=1S/C17H14ClNO5S/c18-13-8-6-12(7-9-13)15-14(20)16(17(19)23-15)24-25(21,22)10-11-4-2-1-3-5-11/h1-9,15H,10,19H2. The minimum absolute atomic E-state index is 0.360. The number of Topliss-reactive ketones (excluding diaryl/α,β-unsaturated/α-hetero) is 1. The predicted molar refractivity (Wildman–Crippen MR) is 91.6 cm³/mol. The Balaban J connectivity index is 1.77. The number of ketones is 1. The third kappa shape index (κ3) is 3.94. The number of benzene rings is 2. The Morgan fingerprint density at radius 3 is 2.36 bits per heavy atom. The first kappa shape index (κ1) is 17.3. The van der Waals surface area contributed by atoms with E-state index in [0.717, 1.165) is 0 Å². The van der Waals surface area contributed by atoms with Crippen molar-refractivity contribution >= 4 is 27.5 Å². The molecular formula is C17H14ClNO5S. The summed E-state index contributed by atoms with van der Waals surface area (Å²) in [6.45, 7) is 0. The molecule has 0 fully saturated rings. The zero-order chi connectivity index (χ0) is 18.0. The third-order valence-corrected chi connectivity index (χ3v) is 4.86. The van der Waals surface area contributed by atoms with Gasteiger partial charge in [0.2, 0.25) is 17.4 Å². The number of carbonyl (C=O) groups excluding carboxylic acids is 1. The van der Waals surface area contributed by atoms with Gasteiger partial charge >= 0.3 is 10.1 Å². The second kappa shape index (κ2) is 6.78. The fraction of sp³-hybridized carbons (Fsp3) is 0.118. The molecule has 1 aliphatic heterocycles. The van der Waals surface area contributed by atoms with Crippen molar-refractivity contribution in [2.75, 3.05) is 0 Å². The summed E-state index contributed by atoms with van der Waals surface area (Å²) in [5, 5.41) is 0.497. The molecule has 1 atom stereocenters. The van der Waals surface area contributed by atoms with E-state index in [0.29, 0.717) is 16.1 Å². The van der Waals surface area contributed by atoms with Crippen LogP contribution < -0.4 is 5.73 Å². The van der Waals surface area contributed by atoms with Crippen LogP contribution in [0.1, 0.15) is 17.2 Å². The molecule has 0 bridgehead atoms. The maximum Gasteiger partial charge on any atom is 0.313 e. The van der Waals surface area contributed by atoms with Gasteiger partial charge in [-0.1, -0.05) is 54.1 Å². The van der Waals surface area contributed by atoms with Gasteiger partial charge < -0.3 is 14.7 Å². The summed E-state index contributed by atoms with van der Waals surface area (Å²) < 4.78 is 34.6. The van der Waals surface area contributed by atoms with E-state index in [-0.39, 0.29) is 11.6 Å². The van der Waals surface area contributed by atoms with Crippen LogP contribution in [0.4, 0.5) is 0 Å². The number of rotatable bonds is 5. The molecule has 8 heteroatoms. The normalized spacial score (nSPS) is 17.5. The number of halogens is 1. The fourth-order valence-electron chi connectivity index (χ4n) is 2.35. The van der Waals surface area contributed by atoms with E-state index in [9.17, 15) is 13.2 Å². The lowest BCUT2D eigenvalue weighted by atomic mass is 10.1. The summed E-state index contributed by atoms with van der Waals surface area (Å²) in [6.07, 6.45) is -1.06. The molecule has 130 valence electrons. The van der Waals surface area contributed by atoms with Crippen LogP contribution in [0.5, 0.6) is 0 Å². The van der Waals surface area contributed by atoms with Gasteiger partial charge in [0.15, 0.2) is 6.10 Å². The lowest BCUT2D eigenvalue weighted by Gasteiger charge is -2.10. The number of hydrogen-bond donors (Lipinski definition) is 1. The minimum atomic E-state index is -4.06. The molecule has 0 radical (unpaired) electrons. The van der Waals surface area contributed by atoms with Gasteiger partial charge in [0, 0.05) is 10.6 Å². The zero-order valence-electron chi connectivity index (χ0n) is 12.9. The van der Waals surface area contributed by atoms with E-state index in [1.54, 1.807) is 54.6 Å². The van der Waals surface area contributed by atoms with Crippen LogP contribution in [0, 0.1) is 0 Å². The van der Waals surface area contributed by atoms with Crippen LogP contribution in [-0.2, 0) is 29.6 Å². The summed E-state index contributed by atoms with van der Waals surface area (Å²) in [5.74, 6) is -1.90. The van der Waals surface area contributed by atoms with Crippen molar-refractivity contribution in [2.45, 2.75) is 11.9 Å². The fourth-order valence-corrected chi connectivity index (χ4v) is 3.55. The smallest absolute Gasteiger partial charge is 0.313 e. The molecule has 0 saturated heterocycles. The quantitative estimate of drug-likeness (QED) is 0.802. The molecule has 0 aromatic heterocycles. The molecule has 2 aromatic rings. The summed E-state index contributed by atoms with van der Waals surface area (Å²) in [7, 11) is -4.06. The average molecular weight is 380 g/mol. The number of ether oxygens (including phenoxy) is 1. The largest absolute Gasteiger partial charge is 0.460 e. The Morgan fingerprint density at radius 1 is 1.08 bits per heavy atom. The summed E-state index contributed by atoms with van der Waals surface area (Å²) >= 11 is 5.81. The highest BCUT2D eigenvalue weighted by Crippen LogP contribution is 2.33. The Labute approximate surface area is 149 Å². The molecule has 0 saturated carbocycles. The Bertz CT molecular complexity index is 923. The van der Waals surface area contributed by atoms with Crippen molar-refractivity contribution in [3.63, 3.8) is 0 Å². The molecular weight excluding hydrogens is 366 g/mol. The second-order valence-corrected chi connectivity index (χ2v) is 7.39. The van der Waals surface area contributed by atoms with Crippen LogP contribution >= 0.6 is 11.6 Å². The zero-order valence-corrected chi connectivity index (χ0v) is 14.5. The van der Waals surface area contributed by atoms with Gasteiger partial charge in [0.05, 0.1) is 0 Å². The van der Waals surface area contributed by atoms with E-state index < -0.39 is 27.8 Å². The SMILES string of the molecule is NC1=C(OS(=O)(=O)Cc2ccccc2)C(=O)C(c2ccc(Cl)cc2)O1. The summed E-state index contributed by atoms with van der Waals surface area (Å²) in [4.78, 5) is 12.4. The van der Waals surface area contributed by atoms with Crippen molar-refractivity contribution in [3.05, 3.63) is 82.4 Å². The molecule has 1 aliphatic rings. The van der Waals surface area contributed by atoms with Crippen LogP contribution in [0.25, 0.3) is 0 Å². The van der Waals surface area contributed by atoms with E-state index in [4.69, 9.17) is 26.3 Å². The van der Waals surface area contributed by atoms with Gasteiger partial charge in [-0.15, -0.1) is 0 Å². The van der Waals surface area contributed by atoms with Crippen molar-refractivity contribution in [2.24, 2.45) is 5.73 Å². The maximum atomic E-state index is 12.4. The number of nitrogens with two attached hydrogens (primary N) is 1. The topological polar surface area (TPSA) is 95.7 Å². The highest BCUT2D eigenvalue weighted by Gasteiger charge is 2.39. The molecule has 3 rings (SSSR count). The van der Waals surface area contributed by atoms with Crippen LogP contribution in [0.2, 0.25) is 5.02 Å². The lowest BCUT2D eigenvalue weighted by Crippen LogP contribution is -2.16. The predicted octanol–water partition coefficient (Wildman–Crippen LogP) is 2.65. The molecule has 1 unspecified atom stereocenters. The maximum absolute atomic E-state index is 12.4. The number of carbonyl (C=O) groups is 1. The van der Waals surface area contributed by atoms with Gasteiger partial charge in [0.1, 0.15) is 5.75 Å². The molecule has 0 spiro atoms. The van der Waals surface area contributed by atoms with Gasteiger partial charge in [0.25, 0.3) is 0 Å². The van der Waals surface area contributed by atoms with E-state index >= 15 is 0 Å². The summed E-state index contributed by atoms with van der Waals surface area (Å²) in [6, 6.07) is 14.8. The van der Waals surface area contributed by atoms with E-state index in [1.807, 2.05) is 0 Å². The van der Waals surface area contributed by atoms with Crippen molar-refractivity contribution < 1.29 is 22.1 Å². The Morgan fingerprint density at radius 2 is 1.72 bits per heavy atom. The molecule has 2 N–H and O–H groups in total. The van der Waals surface area contributed by atoms with Crippen molar-refractivity contribution in [1.29, 1.82) is 0 Å². The average Bonchev–Trinajstić information content (AvgIpc) is 2.84. The Hall–Kier alpha value is -2.51. The van der Waals surface area contributed by atoms with Crippen LogP contribution in [0.3, 0.4) is 0 Å². The molecule has 0 amide bonds. The van der Waals surface area contributed by atoms with Crippen LogP contribution in [-0.4, -0.2) is 14.2 Å². The highest BCUT2D eigenvalue weighted by atomic mass is 35.5. The number of hydrogen-bond acceptors (Lipinski definition) is 6. The summed E-state index contributed by atoms with van der Waals surface area (Å²) in [5.41, 5.74) is 6.68. The first-order valence-corrected chi connectivity index (χ1v) is 9.23.